The van der Waals surface area contributed by atoms with Gasteiger partial charge in [-0.05, 0) is 19.1 Å². The second kappa shape index (κ2) is 4.85. The molecule has 5 nitrogen and oxygen atoms in total. The molecule has 0 aliphatic heterocycles. The van der Waals surface area contributed by atoms with Gasteiger partial charge < -0.3 is 20.8 Å². The van der Waals surface area contributed by atoms with Gasteiger partial charge >= 0.3 is 5.97 Å². The van der Waals surface area contributed by atoms with Gasteiger partial charge in [0.15, 0.2) is 0 Å². The van der Waals surface area contributed by atoms with Crippen molar-refractivity contribution in [2.45, 2.75) is 13.0 Å². The third-order valence-corrected chi connectivity index (χ3v) is 2.58. The van der Waals surface area contributed by atoms with E-state index in [9.17, 15) is 4.79 Å². The zero-order valence-electron chi connectivity index (χ0n) is 9.34. The molecule has 0 heterocycles. The lowest BCUT2D eigenvalue weighted by molar-refractivity contribution is 0.0697. The molecule has 0 radical (unpaired) electrons. The number of nitrogens with zero attached hydrogens (tertiary/aromatic N) is 1. The highest BCUT2D eigenvalue weighted by Crippen LogP contribution is 2.28. The molecule has 1 unspecified atom stereocenters. The van der Waals surface area contributed by atoms with E-state index in [2.05, 4.69) is 0 Å². The van der Waals surface area contributed by atoms with E-state index in [1.807, 2.05) is 0 Å². The molecule has 0 saturated carbocycles. The third-order valence-electron chi connectivity index (χ3n) is 2.58. The van der Waals surface area contributed by atoms with Crippen molar-refractivity contribution in [1.29, 1.82) is 0 Å². The van der Waals surface area contributed by atoms with Crippen molar-refractivity contribution in [3.8, 4) is 0 Å². The van der Waals surface area contributed by atoms with Gasteiger partial charge in [0.1, 0.15) is 0 Å². The summed E-state index contributed by atoms with van der Waals surface area (Å²) >= 11 is 0. The van der Waals surface area contributed by atoms with E-state index in [0.29, 0.717) is 11.4 Å². The van der Waals surface area contributed by atoms with Gasteiger partial charge in [-0.15, -0.1) is 0 Å². The smallest absolute Gasteiger partial charge is 0.337 e. The number of aliphatic hydroxyl groups excluding tert-OH is 1. The number of aromatic carboxylic acids is 1. The quantitative estimate of drug-likeness (QED) is 0.658. The number of carboxylic acids is 1. The first-order valence-corrected chi connectivity index (χ1v) is 4.94. The number of hydrogen-bond donors (Lipinski definition) is 3. The van der Waals surface area contributed by atoms with E-state index in [1.165, 1.54) is 6.07 Å². The normalized spacial score (nSPS) is 12.2. The van der Waals surface area contributed by atoms with E-state index in [1.54, 1.807) is 31.0 Å². The molecule has 88 valence electrons. The lowest BCUT2D eigenvalue weighted by Crippen LogP contribution is -2.33. The van der Waals surface area contributed by atoms with Gasteiger partial charge in [0.25, 0.3) is 0 Å². The minimum Gasteiger partial charge on any atom is -0.478 e. The Hall–Kier alpha value is -1.75. The Bertz CT molecular complexity index is 393. The Morgan fingerprint density at radius 1 is 1.56 bits per heavy atom. The van der Waals surface area contributed by atoms with Crippen LogP contribution in [0.5, 0.6) is 0 Å². The third kappa shape index (κ3) is 2.25. The molecule has 5 heteroatoms. The van der Waals surface area contributed by atoms with Crippen LogP contribution >= 0.6 is 0 Å². The van der Waals surface area contributed by atoms with Gasteiger partial charge in [0, 0.05) is 13.1 Å². The lowest BCUT2D eigenvalue weighted by Gasteiger charge is -2.28. The zero-order valence-corrected chi connectivity index (χ0v) is 9.34. The van der Waals surface area contributed by atoms with Gasteiger partial charge in [0.05, 0.1) is 23.5 Å². The number of nitrogen functional groups attached to an aromatic ring is 1. The maximum atomic E-state index is 11.0. The molecule has 1 aromatic carbocycles. The summed E-state index contributed by atoms with van der Waals surface area (Å²) in [4.78, 5) is 12.7. The Kier molecular flexibility index (Phi) is 3.73. The van der Waals surface area contributed by atoms with Gasteiger partial charge in [0.2, 0.25) is 0 Å². The fourth-order valence-electron chi connectivity index (χ4n) is 1.47. The number of nitrogens with two attached hydrogens (primary N) is 1. The molecule has 0 aliphatic carbocycles. The first-order chi connectivity index (χ1) is 7.49. The number of likely N-dealkylation sites (N-methyl/N-ethyl adjacent to an activating group) is 1. The Labute approximate surface area is 94.1 Å². The van der Waals surface area contributed by atoms with E-state index >= 15 is 0 Å². The SMILES string of the molecule is CC(CO)N(C)c1c(N)cccc1C(=O)O. The van der Waals surface area contributed by atoms with E-state index in [0.717, 1.165) is 0 Å². The summed E-state index contributed by atoms with van der Waals surface area (Å²) in [6, 6.07) is 4.54. The molecular formula is C11H16N2O3. The summed E-state index contributed by atoms with van der Waals surface area (Å²) in [5.74, 6) is -1.03. The number of aliphatic hydroxyl groups is 1. The van der Waals surface area contributed by atoms with Crippen LogP contribution in [0.1, 0.15) is 17.3 Å². The van der Waals surface area contributed by atoms with Gasteiger partial charge in [-0.2, -0.15) is 0 Å². The highest BCUT2D eigenvalue weighted by atomic mass is 16.4. The van der Waals surface area contributed by atoms with Crippen molar-refractivity contribution in [2.75, 3.05) is 24.3 Å². The molecule has 0 saturated heterocycles. The fraction of sp³-hybridized carbons (Fsp3) is 0.364. The summed E-state index contributed by atoms with van der Waals surface area (Å²) in [7, 11) is 1.71. The summed E-state index contributed by atoms with van der Waals surface area (Å²) in [6.45, 7) is 1.72. The van der Waals surface area contributed by atoms with Crippen molar-refractivity contribution in [3.05, 3.63) is 23.8 Å². The standard InChI is InChI=1S/C11H16N2O3/c1-7(6-14)13(2)10-8(11(15)16)4-3-5-9(10)12/h3-5,7,14H,6,12H2,1-2H3,(H,15,16). The number of carboxylic acid groups (broad SMARTS) is 1. The van der Waals surface area contributed by atoms with Crippen molar-refractivity contribution in [1.82, 2.24) is 0 Å². The maximum Gasteiger partial charge on any atom is 0.337 e. The highest BCUT2D eigenvalue weighted by Gasteiger charge is 2.19. The summed E-state index contributed by atoms with van der Waals surface area (Å²) in [5.41, 5.74) is 6.74. The summed E-state index contributed by atoms with van der Waals surface area (Å²) < 4.78 is 0. The largest absolute Gasteiger partial charge is 0.478 e. The number of rotatable bonds is 4. The van der Waals surface area contributed by atoms with Gasteiger partial charge in [-0.3, -0.25) is 0 Å². The Morgan fingerprint density at radius 3 is 2.69 bits per heavy atom. The topological polar surface area (TPSA) is 86.8 Å². The molecule has 16 heavy (non-hydrogen) atoms. The second-order valence-electron chi connectivity index (χ2n) is 3.69. The summed E-state index contributed by atoms with van der Waals surface area (Å²) in [5, 5.41) is 18.1. The van der Waals surface area contributed by atoms with E-state index in [-0.39, 0.29) is 18.2 Å². The number of hydrogen-bond acceptors (Lipinski definition) is 4. The molecule has 1 aromatic rings. The molecule has 1 atom stereocenters. The molecule has 0 fully saturated rings. The molecule has 4 N–H and O–H groups in total. The monoisotopic (exact) mass is 224 g/mol. The van der Waals surface area contributed by atoms with Crippen LogP contribution in [-0.2, 0) is 0 Å². The van der Waals surface area contributed by atoms with Crippen molar-refractivity contribution in [3.63, 3.8) is 0 Å². The van der Waals surface area contributed by atoms with Crippen LogP contribution in [-0.4, -0.2) is 35.9 Å². The number of para-hydroxylation sites is 1. The minimum absolute atomic E-state index is 0.0656. The van der Waals surface area contributed by atoms with Crippen molar-refractivity contribution < 1.29 is 15.0 Å². The molecule has 0 amide bonds. The molecule has 0 bridgehead atoms. The van der Waals surface area contributed by atoms with Crippen LogP contribution < -0.4 is 10.6 Å². The molecular weight excluding hydrogens is 208 g/mol. The van der Waals surface area contributed by atoms with Gasteiger partial charge in [-0.1, -0.05) is 6.07 Å². The van der Waals surface area contributed by atoms with Crippen molar-refractivity contribution >= 4 is 17.3 Å². The summed E-state index contributed by atoms with van der Waals surface area (Å²) in [6.07, 6.45) is 0. The molecule has 0 aromatic heterocycles. The molecule has 1 rings (SSSR count). The first-order valence-electron chi connectivity index (χ1n) is 4.94. The Morgan fingerprint density at radius 2 is 2.19 bits per heavy atom. The number of benzene rings is 1. The minimum atomic E-state index is -1.03. The number of anilines is 2. The van der Waals surface area contributed by atoms with Crippen LogP contribution in [0.15, 0.2) is 18.2 Å². The van der Waals surface area contributed by atoms with Gasteiger partial charge in [-0.25, -0.2) is 4.79 Å². The molecule has 0 spiro atoms. The second-order valence-corrected chi connectivity index (χ2v) is 3.69. The number of carbonyl (C=O) groups is 1. The van der Waals surface area contributed by atoms with Crippen LogP contribution in [0.25, 0.3) is 0 Å². The molecule has 0 aliphatic rings. The lowest BCUT2D eigenvalue weighted by atomic mass is 10.1. The fourth-order valence-corrected chi connectivity index (χ4v) is 1.47. The average molecular weight is 224 g/mol. The van der Waals surface area contributed by atoms with E-state index < -0.39 is 5.97 Å². The zero-order chi connectivity index (χ0) is 12.3. The first kappa shape index (κ1) is 12.3. The average Bonchev–Trinajstić information content (AvgIpc) is 2.26. The van der Waals surface area contributed by atoms with Crippen LogP contribution in [0.2, 0.25) is 0 Å². The predicted molar refractivity (Wildman–Crippen MR) is 62.8 cm³/mol. The Balaban J connectivity index is 3.24. The van der Waals surface area contributed by atoms with Crippen LogP contribution in [0.3, 0.4) is 0 Å². The van der Waals surface area contributed by atoms with E-state index in [4.69, 9.17) is 15.9 Å². The van der Waals surface area contributed by atoms with Crippen LogP contribution in [0.4, 0.5) is 11.4 Å². The maximum absolute atomic E-state index is 11.0. The van der Waals surface area contributed by atoms with Crippen LogP contribution in [0, 0.1) is 0 Å². The predicted octanol–water partition coefficient (Wildman–Crippen LogP) is 0.784. The highest BCUT2D eigenvalue weighted by molar-refractivity contribution is 5.98. The van der Waals surface area contributed by atoms with Crippen molar-refractivity contribution in [2.24, 2.45) is 0 Å².